The Morgan fingerprint density at radius 2 is 2.50 bits per heavy atom. The summed E-state index contributed by atoms with van der Waals surface area (Å²) in [6, 6.07) is 1.97. The molecule has 1 saturated heterocycles. The summed E-state index contributed by atoms with van der Waals surface area (Å²) < 4.78 is 0. The Bertz CT molecular complexity index is 281. The number of nitrogens with one attached hydrogen (secondary N) is 1. The van der Waals surface area contributed by atoms with Crippen molar-refractivity contribution in [2.24, 2.45) is 0 Å². The number of aliphatic hydroxyl groups is 1. The van der Waals surface area contributed by atoms with Gasteiger partial charge in [-0.1, -0.05) is 6.42 Å². The van der Waals surface area contributed by atoms with Crippen LogP contribution in [0.3, 0.4) is 0 Å². The summed E-state index contributed by atoms with van der Waals surface area (Å²) in [5, 5.41) is 16.6. The van der Waals surface area contributed by atoms with E-state index in [1.807, 2.05) is 6.07 Å². The van der Waals surface area contributed by atoms with E-state index in [1.165, 1.54) is 25.0 Å². The molecule has 1 aliphatic heterocycles. The third-order valence-electron chi connectivity index (χ3n) is 2.57. The zero-order chi connectivity index (χ0) is 9.80. The van der Waals surface area contributed by atoms with Gasteiger partial charge in [-0.3, -0.25) is 5.10 Å². The highest BCUT2D eigenvalue weighted by atomic mass is 32.2. The van der Waals surface area contributed by atoms with E-state index in [0.717, 1.165) is 23.1 Å². The van der Waals surface area contributed by atoms with Crippen LogP contribution in [0.4, 0.5) is 0 Å². The highest BCUT2D eigenvalue weighted by Gasteiger charge is 2.15. The lowest BCUT2D eigenvalue weighted by atomic mass is 10.1. The van der Waals surface area contributed by atoms with Gasteiger partial charge in [0.2, 0.25) is 0 Å². The lowest BCUT2D eigenvalue weighted by Crippen LogP contribution is -2.12. The lowest BCUT2D eigenvalue weighted by Gasteiger charge is -2.19. The van der Waals surface area contributed by atoms with Crippen LogP contribution in [0, 0.1) is 0 Å². The summed E-state index contributed by atoms with van der Waals surface area (Å²) in [7, 11) is 0. The van der Waals surface area contributed by atoms with E-state index < -0.39 is 0 Å². The Labute approximate surface area is 88.3 Å². The maximum atomic E-state index is 8.88. The Morgan fingerprint density at radius 3 is 3.14 bits per heavy atom. The number of hydrogen-bond acceptors (Lipinski definition) is 3. The molecule has 1 aromatic rings. The molecule has 0 radical (unpaired) electrons. The van der Waals surface area contributed by atoms with E-state index in [1.54, 1.807) is 0 Å². The Hall–Kier alpha value is -0.480. The van der Waals surface area contributed by atoms with Crippen LogP contribution in [0.5, 0.6) is 0 Å². The van der Waals surface area contributed by atoms with Gasteiger partial charge in [0.05, 0.1) is 18.0 Å². The van der Waals surface area contributed by atoms with Crippen LogP contribution in [0.1, 0.15) is 30.7 Å². The standard InChI is InChI=1S/C10H16N2OS/c13-7-9-5-8(11-12-9)6-10-3-1-2-4-14-10/h5,10,13H,1-4,6-7H2,(H,11,12). The van der Waals surface area contributed by atoms with Gasteiger partial charge in [-0.25, -0.2) is 0 Å². The third kappa shape index (κ3) is 2.51. The summed E-state index contributed by atoms with van der Waals surface area (Å²) >= 11 is 2.06. The van der Waals surface area contributed by atoms with Gasteiger partial charge in [-0.2, -0.15) is 16.9 Å². The Morgan fingerprint density at radius 1 is 1.57 bits per heavy atom. The molecular formula is C10H16N2OS. The van der Waals surface area contributed by atoms with Gasteiger partial charge in [0.25, 0.3) is 0 Å². The van der Waals surface area contributed by atoms with Crippen LogP contribution in [-0.4, -0.2) is 26.3 Å². The number of thioether (sulfide) groups is 1. The molecule has 78 valence electrons. The second-order valence-corrected chi connectivity index (χ2v) is 5.14. The van der Waals surface area contributed by atoms with Crippen LogP contribution in [-0.2, 0) is 13.0 Å². The summed E-state index contributed by atoms with van der Waals surface area (Å²) in [5.74, 6) is 1.29. The topological polar surface area (TPSA) is 48.9 Å². The minimum Gasteiger partial charge on any atom is -0.390 e. The fourth-order valence-electron chi connectivity index (χ4n) is 1.80. The van der Waals surface area contributed by atoms with Crippen LogP contribution in [0.25, 0.3) is 0 Å². The number of aromatic nitrogens is 2. The van der Waals surface area contributed by atoms with Gasteiger partial charge in [0, 0.05) is 11.7 Å². The van der Waals surface area contributed by atoms with E-state index in [2.05, 4.69) is 22.0 Å². The van der Waals surface area contributed by atoms with Crippen molar-refractivity contribution in [1.82, 2.24) is 10.2 Å². The van der Waals surface area contributed by atoms with Crippen molar-refractivity contribution in [3.05, 3.63) is 17.5 Å². The molecule has 14 heavy (non-hydrogen) atoms. The number of hydrogen-bond donors (Lipinski definition) is 2. The van der Waals surface area contributed by atoms with Gasteiger partial charge in [-0.15, -0.1) is 0 Å². The number of rotatable bonds is 3. The molecule has 1 atom stereocenters. The normalized spacial score (nSPS) is 22.5. The van der Waals surface area contributed by atoms with E-state index in [9.17, 15) is 0 Å². The summed E-state index contributed by atoms with van der Waals surface area (Å²) in [6.07, 6.45) is 5.08. The van der Waals surface area contributed by atoms with Crippen molar-refractivity contribution in [2.45, 2.75) is 37.5 Å². The average Bonchev–Trinajstić information content (AvgIpc) is 2.67. The van der Waals surface area contributed by atoms with Crippen LogP contribution in [0.15, 0.2) is 6.07 Å². The molecule has 1 fully saturated rings. The van der Waals surface area contributed by atoms with Crippen molar-refractivity contribution in [2.75, 3.05) is 5.75 Å². The van der Waals surface area contributed by atoms with Gasteiger partial charge in [0.15, 0.2) is 0 Å². The molecule has 4 heteroatoms. The van der Waals surface area contributed by atoms with E-state index >= 15 is 0 Å². The van der Waals surface area contributed by atoms with Gasteiger partial charge in [0.1, 0.15) is 0 Å². The van der Waals surface area contributed by atoms with Crippen molar-refractivity contribution >= 4 is 11.8 Å². The van der Waals surface area contributed by atoms with E-state index in [-0.39, 0.29) is 6.61 Å². The number of H-pyrrole nitrogens is 1. The molecule has 0 amide bonds. The quantitative estimate of drug-likeness (QED) is 0.802. The van der Waals surface area contributed by atoms with Gasteiger partial charge >= 0.3 is 0 Å². The van der Waals surface area contributed by atoms with Crippen molar-refractivity contribution in [3.8, 4) is 0 Å². The molecule has 0 bridgehead atoms. The molecule has 0 aliphatic carbocycles. The minimum atomic E-state index is 0.0603. The summed E-state index contributed by atoms with van der Waals surface area (Å²) in [6.45, 7) is 0.0603. The molecule has 2 heterocycles. The molecule has 2 N–H and O–H groups in total. The highest BCUT2D eigenvalue weighted by molar-refractivity contribution is 7.99. The maximum absolute atomic E-state index is 8.88. The molecule has 1 unspecified atom stereocenters. The van der Waals surface area contributed by atoms with Gasteiger partial charge < -0.3 is 5.11 Å². The minimum absolute atomic E-state index is 0.0603. The average molecular weight is 212 g/mol. The first-order valence-electron chi connectivity index (χ1n) is 5.14. The van der Waals surface area contributed by atoms with Crippen molar-refractivity contribution in [1.29, 1.82) is 0 Å². The molecule has 0 spiro atoms. The third-order valence-corrected chi connectivity index (χ3v) is 3.96. The van der Waals surface area contributed by atoms with Crippen LogP contribution < -0.4 is 0 Å². The second kappa shape index (κ2) is 4.84. The molecular weight excluding hydrogens is 196 g/mol. The number of aromatic amines is 1. The SMILES string of the molecule is OCc1cc(CC2CCCCS2)n[nH]1. The predicted molar refractivity (Wildman–Crippen MR) is 58.3 cm³/mol. The lowest BCUT2D eigenvalue weighted by molar-refractivity contribution is 0.276. The summed E-state index contributed by atoms with van der Waals surface area (Å²) in [4.78, 5) is 0. The first-order valence-corrected chi connectivity index (χ1v) is 6.19. The molecule has 1 aromatic heterocycles. The first-order chi connectivity index (χ1) is 6.88. The van der Waals surface area contributed by atoms with Crippen molar-refractivity contribution in [3.63, 3.8) is 0 Å². The number of aliphatic hydroxyl groups excluding tert-OH is 1. The van der Waals surface area contributed by atoms with Crippen LogP contribution in [0.2, 0.25) is 0 Å². The molecule has 1 aliphatic rings. The van der Waals surface area contributed by atoms with E-state index in [0.29, 0.717) is 0 Å². The molecule has 0 saturated carbocycles. The van der Waals surface area contributed by atoms with E-state index in [4.69, 9.17) is 5.11 Å². The largest absolute Gasteiger partial charge is 0.390 e. The fraction of sp³-hybridized carbons (Fsp3) is 0.700. The predicted octanol–water partition coefficient (Wildman–Crippen LogP) is 1.73. The smallest absolute Gasteiger partial charge is 0.0847 e. The monoisotopic (exact) mass is 212 g/mol. The maximum Gasteiger partial charge on any atom is 0.0847 e. The zero-order valence-electron chi connectivity index (χ0n) is 8.20. The second-order valence-electron chi connectivity index (χ2n) is 3.74. The molecule has 2 rings (SSSR count). The highest BCUT2D eigenvalue weighted by Crippen LogP contribution is 2.27. The Balaban J connectivity index is 1.89. The van der Waals surface area contributed by atoms with Gasteiger partial charge in [-0.05, 0) is 24.7 Å². The number of nitrogens with zero attached hydrogens (tertiary/aromatic N) is 1. The molecule has 3 nitrogen and oxygen atoms in total. The first kappa shape index (κ1) is 10.1. The Kier molecular flexibility index (Phi) is 3.48. The van der Waals surface area contributed by atoms with Crippen LogP contribution >= 0.6 is 11.8 Å². The van der Waals surface area contributed by atoms with Crippen molar-refractivity contribution < 1.29 is 5.11 Å². The zero-order valence-corrected chi connectivity index (χ0v) is 9.02. The summed E-state index contributed by atoms with van der Waals surface area (Å²) in [5.41, 5.74) is 1.91. The molecule has 0 aromatic carbocycles. The fourth-order valence-corrected chi connectivity index (χ4v) is 3.12.